The van der Waals surface area contributed by atoms with Crippen molar-refractivity contribution < 1.29 is 5.11 Å². The van der Waals surface area contributed by atoms with Crippen molar-refractivity contribution in [1.29, 1.82) is 0 Å². The van der Waals surface area contributed by atoms with E-state index in [1.807, 2.05) is 6.07 Å². The summed E-state index contributed by atoms with van der Waals surface area (Å²) in [4.78, 5) is 1.12. The summed E-state index contributed by atoms with van der Waals surface area (Å²) in [5.74, 6) is 0.751. The number of hydrogen-bond donors (Lipinski definition) is 1. The predicted molar refractivity (Wildman–Crippen MR) is 81.9 cm³/mol. The third-order valence-corrected chi connectivity index (χ3v) is 6.90. The van der Waals surface area contributed by atoms with Crippen molar-refractivity contribution >= 4 is 27.3 Å². The third-order valence-electron chi connectivity index (χ3n) is 4.87. The second-order valence-corrected chi connectivity index (χ2v) is 8.02. The summed E-state index contributed by atoms with van der Waals surface area (Å²) in [7, 11) is 0. The largest absolute Gasteiger partial charge is 0.384 e. The minimum absolute atomic E-state index is 0.411. The Labute approximate surface area is 123 Å². The maximum Gasteiger partial charge on any atom is 0.0999 e. The smallest absolute Gasteiger partial charge is 0.0999 e. The van der Waals surface area contributed by atoms with Crippen LogP contribution >= 0.6 is 27.3 Å². The van der Waals surface area contributed by atoms with Gasteiger partial charge in [-0.3, -0.25) is 0 Å². The van der Waals surface area contributed by atoms with Gasteiger partial charge in [-0.05, 0) is 64.4 Å². The molecule has 0 atom stereocenters. The summed E-state index contributed by atoms with van der Waals surface area (Å²) in [6.45, 7) is 7.00. The van der Waals surface area contributed by atoms with Crippen LogP contribution in [0.4, 0.5) is 0 Å². The molecule has 102 valence electrons. The molecule has 0 radical (unpaired) electrons. The molecule has 2 rings (SSSR count). The molecule has 0 amide bonds. The highest BCUT2D eigenvalue weighted by atomic mass is 79.9. The molecule has 1 heterocycles. The highest BCUT2D eigenvalue weighted by Gasteiger charge is 2.40. The number of thiophene rings is 1. The van der Waals surface area contributed by atoms with Gasteiger partial charge in [-0.1, -0.05) is 27.2 Å². The van der Waals surface area contributed by atoms with Gasteiger partial charge >= 0.3 is 0 Å². The molecule has 0 aromatic carbocycles. The molecule has 1 aromatic rings. The molecule has 0 unspecified atom stereocenters. The first-order valence-corrected chi connectivity index (χ1v) is 8.52. The van der Waals surface area contributed by atoms with Crippen LogP contribution in [-0.2, 0) is 5.60 Å². The van der Waals surface area contributed by atoms with Crippen molar-refractivity contribution in [1.82, 2.24) is 0 Å². The number of aliphatic hydroxyl groups is 1. The molecule has 1 N–H and O–H groups in total. The summed E-state index contributed by atoms with van der Waals surface area (Å²) in [5.41, 5.74) is -0.179. The van der Waals surface area contributed by atoms with Crippen LogP contribution < -0.4 is 0 Å². The predicted octanol–water partition coefficient (Wildman–Crippen LogP) is 5.32. The molecule has 1 aromatic heterocycles. The average Bonchev–Trinajstić information content (AvgIpc) is 2.77. The third kappa shape index (κ3) is 2.68. The fraction of sp³-hybridized carbons (Fsp3) is 0.733. The lowest BCUT2D eigenvalue weighted by atomic mass is 9.66. The van der Waals surface area contributed by atoms with Gasteiger partial charge in [-0.2, -0.15) is 0 Å². The van der Waals surface area contributed by atoms with Gasteiger partial charge < -0.3 is 5.11 Å². The average molecular weight is 331 g/mol. The van der Waals surface area contributed by atoms with Crippen molar-refractivity contribution in [2.45, 2.75) is 58.5 Å². The van der Waals surface area contributed by atoms with Gasteiger partial charge in [-0.25, -0.2) is 0 Å². The summed E-state index contributed by atoms with van der Waals surface area (Å²) in [6, 6.07) is 2.04. The standard InChI is InChI=1S/C15H23BrOS/c1-4-14(2,3)11-5-8-15(17,9-6-11)13-12(16)7-10-18-13/h7,10-11,17H,4-6,8-9H2,1-3H3. The zero-order valence-corrected chi connectivity index (χ0v) is 13.9. The van der Waals surface area contributed by atoms with E-state index >= 15 is 0 Å². The molecule has 0 aliphatic heterocycles. The van der Waals surface area contributed by atoms with E-state index in [4.69, 9.17) is 0 Å². The Morgan fingerprint density at radius 2 is 2.06 bits per heavy atom. The lowest BCUT2D eigenvalue weighted by molar-refractivity contribution is -0.0305. The molecular weight excluding hydrogens is 308 g/mol. The van der Waals surface area contributed by atoms with Crippen LogP contribution in [0.3, 0.4) is 0 Å². The molecule has 1 aliphatic carbocycles. The van der Waals surface area contributed by atoms with E-state index in [1.54, 1.807) is 11.3 Å². The van der Waals surface area contributed by atoms with Crippen LogP contribution in [0, 0.1) is 11.3 Å². The Kier molecular flexibility index (Phi) is 4.25. The summed E-state index contributed by atoms with van der Waals surface area (Å²) >= 11 is 5.23. The fourth-order valence-electron chi connectivity index (χ4n) is 3.02. The number of rotatable bonds is 3. The number of halogens is 1. The van der Waals surface area contributed by atoms with Crippen LogP contribution in [0.2, 0.25) is 0 Å². The van der Waals surface area contributed by atoms with E-state index in [0.717, 1.165) is 41.0 Å². The van der Waals surface area contributed by atoms with Gasteiger partial charge in [0.2, 0.25) is 0 Å². The van der Waals surface area contributed by atoms with Crippen LogP contribution in [0.25, 0.3) is 0 Å². The van der Waals surface area contributed by atoms with E-state index in [9.17, 15) is 5.11 Å². The van der Waals surface area contributed by atoms with Crippen molar-refractivity contribution in [3.63, 3.8) is 0 Å². The van der Waals surface area contributed by atoms with Crippen molar-refractivity contribution in [3.05, 3.63) is 20.8 Å². The van der Waals surface area contributed by atoms with E-state index in [-0.39, 0.29) is 0 Å². The summed E-state index contributed by atoms with van der Waals surface area (Å²) < 4.78 is 1.07. The lowest BCUT2D eigenvalue weighted by Crippen LogP contribution is -2.35. The second kappa shape index (κ2) is 5.26. The van der Waals surface area contributed by atoms with E-state index < -0.39 is 5.60 Å². The Morgan fingerprint density at radius 1 is 1.44 bits per heavy atom. The Hall–Kier alpha value is 0.140. The molecular formula is C15H23BrOS. The molecule has 3 heteroatoms. The van der Waals surface area contributed by atoms with Gasteiger partial charge in [0, 0.05) is 4.47 Å². The van der Waals surface area contributed by atoms with Gasteiger partial charge in [0.05, 0.1) is 10.5 Å². The maximum atomic E-state index is 10.8. The molecule has 1 saturated carbocycles. The van der Waals surface area contributed by atoms with Crippen LogP contribution in [-0.4, -0.2) is 5.11 Å². The van der Waals surface area contributed by atoms with Crippen LogP contribution in [0.1, 0.15) is 57.8 Å². The molecule has 0 bridgehead atoms. The SMILES string of the molecule is CCC(C)(C)C1CCC(O)(c2sccc2Br)CC1. The van der Waals surface area contributed by atoms with E-state index in [1.165, 1.54) is 6.42 Å². The Morgan fingerprint density at radius 3 is 2.50 bits per heavy atom. The van der Waals surface area contributed by atoms with Crippen LogP contribution in [0.5, 0.6) is 0 Å². The first-order chi connectivity index (χ1) is 8.39. The van der Waals surface area contributed by atoms with E-state index in [2.05, 4.69) is 42.1 Å². The first kappa shape index (κ1) is 14.5. The quantitative estimate of drug-likeness (QED) is 0.794. The molecule has 0 spiro atoms. The monoisotopic (exact) mass is 330 g/mol. The second-order valence-electron chi connectivity index (χ2n) is 6.25. The molecule has 1 nitrogen and oxygen atoms in total. The Bertz CT molecular complexity index is 402. The lowest BCUT2D eigenvalue weighted by Gasteiger charge is -2.42. The first-order valence-electron chi connectivity index (χ1n) is 6.85. The molecule has 1 aliphatic rings. The molecule has 0 saturated heterocycles. The zero-order chi connectivity index (χ0) is 13.4. The minimum atomic E-state index is -0.590. The van der Waals surface area contributed by atoms with Crippen molar-refractivity contribution in [2.75, 3.05) is 0 Å². The highest BCUT2D eigenvalue weighted by molar-refractivity contribution is 9.10. The van der Waals surface area contributed by atoms with Gasteiger partial charge in [-0.15, -0.1) is 11.3 Å². The highest BCUT2D eigenvalue weighted by Crippen LogP contribution is 2.49. The topological polar surface area (TPSA) is 20.2 Å². The maximum absolute atomic E-state index is 10.8. The minimum Gasteiger partial charge on any atom is -0.384 e. The molecule has 18 heavy (non-hydrogen) atoms. The van der Waals surface area contributed by atoms with Gasteiger partial charge in [0.25, 0.3) is 0 Å². The van der Waals surface area contributed by atoms with Gasteiger partial charge in [0.1, 0.15) is 0 Å². The van der Waals surface area contributed by atoms with E-state index in [0.29, 0.717) is 5.41 Å². The van der Waals surface area contributed by atoms with Crippen LogP contribution in [0.15, 0.2) is 15.9 Å². The van der Waals surface area contributed by atoms with Gasteiger partial charge in [0.15, 0.2) is 0 Å². The molecule has 1 fully saturated rings. The summed E-state index contributed by atoms with van der Waals surface area (Å²) in [5, 5.41) is 12.9. The number of hydrogen-bond acceptors (Lipinski definition) is 2. The zero-order valence-electron chi connectivity index (χ0n) is 11.5. The van der Waals surface area contributed by atoms with Crippen molar-refractivity contribution in [2.24, 2.45) is 11.3 Å². The normalized spacial score (nSPS) is 29.5. The fourth-order valence-corrected chi connectivity index (χ4v) is 4.92. The summed E-state index contributed by atoms with van der Waals surface area (Å²) in [6.07, 6.45) is 5.31. The Balaban J connectivity index is 2.09. The van der Waals surface area contributed by atoms with Crippen molar-refractivity contribution in [3.8, 4) is 0 Å².